The average molecular weight is 273 g/mol. The molecule has 20 heavy (non-hydrogen) atoms. The minimum absolute atomic E-state index is 0.171. The van der Waals surface area contributed by atoms with Crippen LogP contribution >= 0.6 is 0 Å². The molecule has 0 bridgehead atoms. The van der Waals surface area contributed by atoms with E-state index >= 15 is 0 Å². The van der Waals surface area contributed by atoms with Gasteiger partial charge in [0.2, 0.25) is 0 Å². The molecule has 1 aromatic heterocycles. The van der Waals surface area contributed by atoms with Crippen LogP contribution < -0.4 is 10.6 Å². The van der Waals surface area contributed by atoms with Gasteiger partial charge in [0.15, 0.2) is 0 Å². The maximum absolute atomic E-state index is 13.5. The number of benzene rings is 1. The van der Waals surface area contributed by atoms with E-state index in [0.29, 0.717) is 0 Å². The summed E-state index contributed by atoms with van der Waals surface area (Å²) in [5.74, 6) is -0.456. The minimum atomic E-state index is -0.456. The molecular formula is C15H16FN3O. The Hall–Kier alpha value is -2.43. The van der Waals surface area contributed by atoms with Crippen molar-refractivity contribution in [3.8, 4) is 0 Å². The van der Waals surface area contributed by atoms with Gasteiger partial charge in [-0.2, -0.15) is 0 Å². The van der Waals surface area contributed by atoms with E-state index in [0.717, 1.165) is 11.1 Å². The van der Waals surface area contributed by atoms with Crippen LogP contribution in [-0.2, 0) is 0 Å². The number of rotatable bonds is 3. The van der Waals surface area contributed by atoms with Crippen LogP contribution in [0.2, 0.25) is 0 Å². The van der Waals surface area contributed by atoms with Crippen LogP contribution in [0.3, 0.4) is 0 Å². The number of halogens is 1. The highest BCUT2D eigenvalue weighted by molar-refractivity contribution is 5.89. The molecule has 5 heteroatoms. The summed E-state index contributed by atoms with van der Waals surface area (Å²) in [7, 11) is 0. The van der Waals surface area contributed by atoms with Gasteiger partial charge in [0.25, 0.3) is 0 Å². The Labute approximate surface area is 117 Å². The number of amides is 2. The molecule has 1 atom stereocenters. The second-order valence-corrected chi connectivity index (χ2v) is 4.58. The maximum Gasteiger partial charge on any atom is 0.319 e. The van der Waals surface area contributed by atoms with Gasteiger partial charge in [0, 0.05) is 12.4 Å². The van der Waals surface area contributed by atoms with Crippen molar-refractivity contribution in [1.29, 1.82) is 0 Å². The molecule has 104 valence electrons. The van der Waals surface area contributed by atoms with Gasteiger partial charge >= 0.3 is 6.03 Å². The summed E-state index contributed by atoms with van der Waals surface area (Å²) in [4.78, 5) is 15.8. The topological polar surface area (TPSA) is 54.0 Å². The lowest BCUT2D eigenvalue weighted by Crippen LogP contribution is -2.31. The number of nitrogens with one attached hydrogen (secondary N) is 2. The van der Waals surface area contributed by atoms with Crippen LogP contribution in [-0.4, -0.2) is 11.0 Å². The highest BCUT2D eigenvalue weighted by atomic mass is 19.1. The molecular weight excluding hydrogens is 257 g/mol. The molecule has 0 saturated heterocycles. The average Bonchev–Trinajstić information content (AvgIpc) is 2.43. The van der Waals surface area contributed by atoms with Crippen molar-refractivity contribution in [1.82, 2.24) is 10.3 Å². The molecule has 2 N–H and O–H groups in total. The SMILES string of the molecule is Cc1ccc(F)c(NC(=O)NC(C)c2ccncc2)c1. The lowest BCUT2D eigenvalue weighted by Gasteiger charge is -2.15. The number of hydrogen-bond donors (Lipinski definition) is 2. The van der Waals surface area contributed by atoms with Crippen LogP contribution in [0.25, 0.3) is 0 Å². The Morgan fingerprint density at radius 3 is 2.65 bits per heavy atom. The molecule has 0 aliphatic heterocycles. The predicted octanol–water partition coefficient (Wildman–Crippen LogP) is 3.41. The molecule has 0 spiro atoms. The summed E-state index contributed by atoms with van der Waals surface area (Å²) < 4.78 is 13.5. The lowest BCUT2D eigenvalue weighted by atomic mass is 10.1. The number of hydrogen-bond acceptors (Lipinski definition) is 2. The quantitative estimate of drug-likeness (QED) is 0.900. The van der Waals surface area contributed by atoms with E-state index in [1.807, 2.05) is 26.0 Å². The predicted molar refractivity (Wildman–Crippen MR) is 75.9 cm³/mol. The number of anilines is 1. The van der Waals surface area contributed by atoms with Gasteiger partial charge in [-0.15, -0.1) is 0 Å². The molecule has 2 amide bonds. The first-order chi connectivity index (χ1) is 9.56. The van der Waals surface area contributed by atoms with Crippen LogP contribution in [0.15, 0.2) is 42.7 Å². The molecule has 0 aliphatic rings. The molecule has 4 nitrogen and oxygen atoms in total. The molecule has 2 rings (SSSR count). The second kappa shape index (κ2) is 6.14. The van der Waals surface area contributed by atoms with Crippen molar-refractivity contribution in [2.75, 3.05) is 5.32 Å². The highest BCUT2D eigenvalue weighted by Crippen LogP contribution is 2.16. The first-order valence-electron chi connectivity index (χ1n) is 6.30. The number of carbonyl (C=O) groups excluding carboxylic acids is 1. The Morgan fingerprint density at radius 1 is 1.25 bits per heavy atom. The third-order valence-corrected chi connectivity index (χ3v) is 2.92. The van der Waals surface area contributed by atoms with Crippen molar-refractivity contribution < 1.29 is 9.18 Å². The fourth-order valence-electron chi connectivity index (χ4n) is 1.83. The van der Waals surface area contributed by atoms with Crippen LogP contribution in [0, 0.1) is 12.7 Å². The summed E-state index contributed by atoms with van der Waals surface area (Å²) >= 11 is 0. The van der Waals surface area contributed by atoms with Crippen molar-refractivity contribution in [3.63, 3.8) is 0 Å². The van der Waals surface area contributed by atoms with E-state index < -0.39 is 11.8 Å². The van der Waals surface area contributed by atoms with Gasteiger partial charge in [0.05, 0.1) is 11.7 Å². The number of urea groups is 1. The zero-order valence-corrected chi connectivity index (χ0v) is 11.4. The summed E-state index contributed by atoms with van der Waals surface area (Å²) in [6, 6.07) is 7.57. The monoisotopic (exact) mass is 273 g/mol. The molecule has 1 heterocycles. The number of pyridine rings is 1. The summed E-state index contributed by atoms with van der Waals surface area (Å²) in [6.45, 7) is 3.68. The summed E-state index contributed by atoms with van der Waals surface area (Å²) in [6.07, 6.45) is 3.32. The Balaban J connectivity index is 2.01. The Kier molecular flexibility index (Phi) is 4.30. The smallest absolute Gasteiger partial charge is 0.319 e. The Bertz CT molecular complexity index is 601. The van der Waals surface area contributed by atoms with Crippen LogP contribution in [0.4, 0.5) is 14.9 Å². The fraction of sp³-hybridized carbons (Fsp3) is 0.200. The van der Waals surface area contributed by atoms with Gasteiger partial charge in [-0.05, 0) is 49.2 Å². The Morgan fingerprint density at radius 2 is 1.95 bits per heavy atom. The second-order valence-electron chi connectivity index (χ2n) is 4.58. The zero-order chi connectivity index (χ0) is 14.5. The van der Waals surface area contributed by atoms with Gasteiger partial charge < -0.3 is 10.6 Å². The third-order valence-electron chi connectivity index (χ3n) is 2.92. The van der Waals surface area contributed by atoms with Crippen molar-refractivity contribution >= 4 is 11.7 Å². The van der Waals surface area contributed by atoms with E-state index in [1.54, 1.807) is 24.5 Å². The zero-order valence-electron chi connectivity index (χ0n) is 11.4. The van der Waals surface area contributed by atoms with E-state index in [1.165, 1.54) is 6.07 Å². The van der Waals surface area contributed by atoms with Crippen LogP contribution in [0.1, 0.15) is 24.1 Å². The molecule has 1 unspecified atom stereocenters. The third kappa shape index (κ3) is 3.54. The van der Waals surface area contributed by atoms with E-state index in [2.05, 4.69) is 15.6 Å². The molecule has 1 aromatic carbocycles. The first-order valence-corrected chi connectivity index (χ1v) is 6.30. The van der Waals surface area contributed by atoms with Gasteiger partial charge in [-0.3, -0.25) is 4.98 Å². The molecule has 0 aliphatic carbocycles. The van der Waals surface area contributed by atoms with Gasteiger partial charge in [0.1, 0.15) is 5.82 Å². The number of carbonyl (C=O) groups is 1. The van der Waals surface area contributed by atoms with Crippen molar-refractivity contribution in [3.05, 3.63) is 59.7 Å². The van der Waals surface area contributed by atoms with Crippen molar-refractivity contribution in [2.45, 2.75) is 19.9 Å². The lowest BCUT2D eigenvalue weighted by molar-refractivity contribution is 0.249. The van der Waals surface area contributed by atoms with Gasteiger partial charge in [-0.25, -0.2) is 9.18 Å². The van der Waals surface area contributed by atoms with Crippen LogP contribution in [0.5, 0.6) is 0 Å². The van der Waals surface area contributed by atoms with E-state index in [4.69, 9.17) is 0 Å². The highest BCUT2D eigenvalue weighted by Gasteiger charge is 2.11. The molecule has 0 radical (unpaired) electrons. The van der Waals surface area contributed by atoms with E-state index in [9.17, 15) is 9.18 Å². The first kappa shape index (κ1) is 14.0. The number of nitrogens with zero attached hydrogens (tertiary/aromatic N) is 1. The normalized spacial score (nSPS) is 11.8. The maximum atomic E-state index is 13.5. The molecule has 0 saturated carbocycles. The molecule has 0 fully saturated rings. The summed E-state index contributed by atoms with van der Waals surface area (Å²) in [5, 5.41) is 5.26. The molecule has 2 aromatic rings. The van der Waals surface area contributed by atoms with Crippen molar-refractivity contribution in [2.24, 2.45) is 0 Å². The number of aromatic nitrogens is 1. The van der Waals surface area contributed by atoms with Gasteiger partial charge in [-0.1, -0.05) is 6.07 Å². The summed E-state index contributed by atoms with van der Waals surface area (Å²) in [5.41, 5.74) is 1.98. The largest absolute Gasteiger partial charge is 0.331 e. The van der Waals surface area contributed by atoms with E-state index in [-0.39, 0.29) is 11.7 Å². The fourth-order valence-corrected chi connectivity index (χ4v) is 1.83. The minimum Gasteiger partial charge on any atom is -0.331 e. The number of aryl methyl sites for hydroxylation is 1. The standard InChI is InChI=1S/C15H16FN3O/c1-10-3-4-13(16)14(9-10)19-15(20)18-11(2)12-5-7-17-8-6-12/h3-9,11H,1-2H3,(H2,18,19,20).